The third-order valence-corrected chi connectivity index (χ3v) is 9.86. The van der Waals surface area contributed by atoms with Crippen molar-refractivity contribution in [1.29, 1.82) is 0 Å². The molecule has 7 nitrogen and oxygen atoms in total. The number of halogens is 2. The molecule has 0 radical (unpaired) electrons. The Morgan fingerprint density at radius 3 is 2.34 bits per heavy atom. The fourth-order valence-electron chi connectivity index (χ4n) is 4.98. The van der Waals surface area contributed by atoms with E-state index >= 15 is 0 Å². The van der Waals surface area contributed by atoms with E-state index in [-0.39, 0.29) is 23.4 Å². The first-order valence-corrected chi connectivity index (χ1v) is 16.3. The van der Waals surface area contributed by atoms with Crippen LogP contribution in [0.2, 0.25) is 5.02 Å². The molecule has 41 heavy (non-hydrogen) atoms. The van der Waals surface area contributed by atoms with Gasteiger partial charge in [-0.25, -0.2) is 8.42 Å². The molecule has 1 aliphatic rings. The number of hydrogen-bond donors (Lipinski definition) is 1. The van der Waals surface area contributed by atoms with Crippen LogP contribution < -0.4 is 9.62 Å². The summed E-state index contributed by atoms with van der Waals surface area (Å²) in [6.45, 7) is 3.15. The molecule has 0 saturated heterocycles. The Labute approximate surface area is 256 Å². The molecule has 0 aromatic heterocycles. The monoisotopic (exact) mass is 659 g/mol. The van der Waals surface area contributed by atoms with Crippen LogP contribution in [0.1, 0.15) is 50.2 Å². The summed E-state index contributed by atoms with van der Waals surface area (Å²) < 4.78 is 29.6. The van der Waals surface area contributed by atoms with Crippen LogP contribution in [0.4, 0.5) is 5.69 Å². The lowest BCUT2D eigenvalue weighted by molar-refractivity contribution is -0.139. The molecule has 0 unspecified atom stereocenters. The minimum Gasteiger partial charge on any atom is -0.352 e. The maximum atomic E-state index is 14.1. The number of anilines is 1. The van der Waals surface area contributed by atoms with Crippen LogP contribution in [-0.4, -0.2) is 43.8 Å². The van der Waals surface area contributed by atoms with Crippen LogP contribution in [-0.2, 0) is 26.2 Å². The Morgan fingerprint density at radius 1 is 1.00 bits per heavy atom. The molecule has 0 bridgehead atoms. The lowest BCUT2D eigenvalue weighted by atomic mass is 9.95. The van der Waals surface area contributed by atoms with Crippen molar-refractivity contribution in [3.8, 4) is 0 Å². The van der Waals surface area contributed by atoms with Crippen molar-refractivity contribution >= 4 is 55.1 Å². The summed E-state index contributed by atoms with van der Waals surface area (Å²) in [5.41, 5.74) is 1.98. The second-order valence-corrected chi connectivity index (χ2v) is 13.7. The first-order chi connectivity index (χ1) is 19.5. The zero-order chi connectivity index (χ0) is 29.6. The standard InChI is InChI=1S/C31H35BrClN3O4S/c1-22-14-16-29(17-15-22)41(39,40)36(28-13-7-9-25(32)19-28)21-30(37)35(20-24-8-6-10-26(33)18-24)23(2)31(38)34-27-11-4-3-5-12-27/h6-10,13-19,23,27H,3-5,11-12,20-21H2,1-2H3,(H,34,38)/t23-/m0/s1. The highest BCUT2D eigenvalue weighted by Gasteiger charge is 2.33. The number of benzene rings is 3. The van der Waals surface area contributed by atoms with Crippen LogP contribution >= 0.6 is 27.5 Å². The third kappa shape index (κ3) is 8.11. The number of sulfonamides is 1. The number of carbonyl (C=O) groups is 2. The lowest BCUT2D eigenvalue weighted by Gasteiger charge is -2.33. The molecular formula is C31H35BrClN3O4S. The Kier molecular flexibility index (Phi) is 10.5. The van der Waals surface area contributed by atoms with Gasteiger partial charge in [-0.05, 0) is 74.7 Å². The summed E-state index contributed by atoms with van der Waals surface area (Å²) in [4.78, 5) is 29.0. The van der Waals surface area contributed by atoms with Crippen LogP contribution in [0.25, 0.3) is 0 Å². The van der Waals surface area contributed by atoms with Gasteiger partial charge in [0.05, 0.1) is 10.6 Å². The predicted molar refractivity (Wildman–Crippen MR) is 166 cm³/mol. The van der Waals surface area contributed by atoms with Crippen LogP contribution in [0.5, 0.6) is 0 Å². The summed E-state index contributed by atoms with van der Waals surface area (Å²) in [6.07, 6.45) is 5.09. The summed E-state index contributed by atoms with van der Waals surface area (Å²) >= 11 is 9.64. The molecule has 2 amide bonds. The molecule has 4 rings (SSSR count). The maximum Gasteiger partial charge on any atom is 0.264 e. The van der Waals surface area contributed by atoms with Gasteiger partial charge in [0.25, 0.3) is 10.0 Å². The molecule has 0 heterocycles. The zero-order valence-electron chi connectivity index (χ0n) is 23.2. The normalized spacial score (nSPS) is 14.7. The van der Waals surface area contributed by atoms with Gasteiger partial charge in [-0.1, -0.05) is 82.7 Å². The fraction of sp³-hybridized carbons (Fsp3) is 0.355. The van der Waals surface area contributed by atoms with Crippen molar-refractivity contribution in [1.82, 2.24) is 10.2 Å². The van der Waals surface area contributed by atoms with Crippen LogP contribution in [0.3, 0.4) is 0 Å². The molecule has 0 aliphatic heterocycles. The summed E-state index contributed by atoms with van der Waals surface area (Å²) in [5.74, 6) is -0.769. The molecule has 1 saturated carbocycles. The van der Waals surface area contributed by atoms with Crippen molar-refractivity contribution in [3.05, 3.63) is 93.4 Å². The van der Waals surface area contributed by atoms with Crippen molar-refractivity contribution in [2.24, 2.45) is 0 Å². The molecule has 1 N–H and O–H groups in total. The summed E-state index contributed by atoms with van der Waals surface area (Å²) in [7, 11) is -4.12. The number of nitrogens with one attached hydrogen (secondary N) is 1. The zero-order valence-corrected chi connectivity index (χ0v) is 26.4. The third-order valence-electron chi connectivity index (χ3n) is 7.34. The van der Waals surface area contributed by atoms with Gasteiger partial charge in [-0.2, -0.15) is 0 Å². The number of hydrogen-bond acceptors (Lipinski definition) is 4. The first-order valence-electron chi connectivity index (χ1n) is 13.7. The van der Waals surface area contributed by atoms with Gasteiger partial charge in [0.1, 0.15) is 12.6 Å². The van der Waals surface area contributed by atoms with Gasteiger partial charge in [-0.3, -0.25) is 13.9 Å². The largest absolute Gasteiger partial charge is 0.352 e. The number of amides is 2. The Bertz CT molecular complexity index is 1480. The minimum atomic E-state index is -4.12. The molecule has 0 spiro atoms. The number of carbonyl (C=O) groups excluding carboxylic acids is 2. The van der Waals surface area contributed by atoms with Gasteiger partial charge in [-0.15, -0.1) is 0 Å². The molecule has 3 aromatic rings. The molecular weight excluding hydrogens is 626 g/mol. The van der Waals surface area contributed by atoms with Gasteiger partial charge in [0.15, 0.2) is 0 Å². The van der Waals surface area contributed by atoms with E-state index in [0.29, 0.717) is 15.2 Å². The van der Waals surface area contributed by atoms with Gasteiger partial charge < -0.3 is 10.2 Å². The van der Waals surface area contributed by atoms with Gasteiger partial charge >= 0.3 is 0 Å². The highest BCUT2D eigenvalue weighted by atomic mass is 79.9. The van der Waals surface area contributed by atoms with E-state index < -0.39 is 28.5 Å². The van der Waals surface area contributed by atoms with Crippen LogP contribution in [0, 0.1) is 6.92 Å². The molecule has 3 aromatic carbocycles. The predicted octanol–water partition coefficient (Wildman–Crippen LogP) is 6.47. The SMILES string of the molecule is Cc1ccc(S(=O)(=O)N(CC(=O)N(Cc2cccc(Cl)c2)[C@@H](C)C(=O)NC2CCCCC2)c2cccc(Br)c2)cc1. The number of nitrogens with zero attached hydrogens (tertiary/aromatic N) is 2. The average molecular weight is 661 g/mol. The maximum absolute atomic E-state index is 14.1. The Hall–Kier alpha value is -2.88. The molecule has 218 valence electrons. The van der Waals surface area contributed by atoms with Crippen molar-refractivity contribution in [2.75, 3.05) is 10.8 Å². The van der Waals surface area contributed by atoms with Crippen molar-refractivity contribution in [2.45, 2.75) is 69.5 Å². The van der Waals surface area contributed by atoms with E-state index in [0.717, 1.165) is 47.5 Å². The van der Waals surface area contributed by atoms with Crippen molar-refractivity contribution < 1.29 is 18.0 Å². The highest BCUT2D eigenvalue weighted by Crippen LogP contribution is 2.27. The highest BCUT2D eigenvalue weighted by molar-refractivity contribution is 9.10. The number of aryl methyl sites for hydroxylation is 1. The van der Waals surface area contributed by atoms with E-state index in [1.807, 2.05) is 13.0 Å². The molecule has 1 aliphatic carbocycles. The van der Waals surface area contributed by atoms with Gasteiger partial charge in [0.2, 0.25) is 11.8 Å². The summed E-state index contributed by atoms with van der Waals surface area (Å²) in [5, 5.41) is 3.61. The molecule has 10 heteroatoms. The second-order valence-electron chi connectivity index (χ2n) is 10.5. The Morgan fingerprint density at radius 2 is 1.68 bits per heavy atom. The average Bonchev–Trinajstić information content (AvgIpc) is 2.95. The van der Waals surface area contributed by atoms with Crippen LogP contribution in [0.15, 0.2) is 82.2 Å². The smallest absolute Gasteiger partial charge is 0.264 e. The molecule has 1 atom stereocenters. The van der Waals surface area contributed by atoms with E-state index in [2.05, 4.69) is 21.2 Å². The summed E-state index contributed by atoms with van der Waals surface area (Å²) in [6, 6.07) is 19.6. The minimum absolute atomic E-state index is 0.0698. The Balaban J connectivity index is 1.68. The fourth-order valence-corrected chi connectivity index (χ4v) is 6.99. The van der Waals surface area contributed by atoms with E-state index in [9.17, 15) is 18.0 Å². The van der Waals surface area contributed by atoms with E-state index in [1.54, 1.807) is 61.5 Å². The van der Waals surface area contributed by atoms with Crippen molar-refractivity contribution in [3.63, 3.8) is 0 Å². The lowest BCUT2D eigenvalue weighted by Crippen LogP contribution is -2.53. The quantitative estimate of drug-likeness (QED) is 0.270. The van der Waals surface area contributed by atoms with Gasteiger partial charge in [0, 0.05) is 22.1 Å². The first kappa shape index (κ1) is 31.1. The topological polar surface area (TPSA) is 86.8 Å². The van der Waals surface area contributed by atoms with E-state index in [1.165, 1.54) is 17.0 Å². The molecule has 1 fully saturated rings. The number of rotatable bonds is 10. The second kappa shape index (κ2) is 13.9. The van der Waals surface area contributed by atoms with E-state index in [4.69, 9.17) is 11.6 Å².